The van der Waals surface area contributed by atoms with E-state index >= 15 is 0 Å². The maximum absolute atomic E-state index is 12.9. The van der Waals surface area contributed by atoms with Crippen LogP contribution in [-0.4, -0.2) is 31.6 Å². The normalized spacial score (nSPS) is 10.5. The largest absolute Gasteiger partial charge is 0.493 e. The van der Waals surface area contributed by atoms with Crippen molar-refractivity contribution in [1.29, 1.82) is 0 Å². The van der Waals surface area contributed by atoms with Gasteiger partial charge in [-0.05, 0) is 18.6 Å². The molecule has 0 spiro atoms. The van der Waals surface area contributed by atoms with E-state index < -0.39 is 0 Å². The predicted molar refractivity (Wildman–Crippen MR) is 102 cm³/mol. The van der Waals surface area contributed by atoms with Crippen molar-refractivity contribution in [1.82, 2.24) is 4.98 Å². The highest BCUT2D eigenvalue weighted by Gasteiger charge is 2.22. The van der Waals surface area contributed by atoms with E-state index in [1.54, 1.807) is 12.1 Å². The Bertz CT molecular complexity index is 760. The predicted octanol–water partition coefficient (Wildman–Crippen LogP) is 5.01. The van der Waals surface area contributed by atoms with E-state index in [9.17, 15) is 4.79 Å². The minimum absolute atomic E-state index is 0.0276. The van der Waals surface area contributed by atoms with Crippen LogP contribution < -0.4 is 14.2 Å². The number of benzene rings is 1. The molecule has 5 nitrogen and oxygen atoms in total. The van der Waals surface area contributed by atoms with Gasteiger partial charge in [-0.25, -0.2) is 0 Å². The zero-order valence-corrected chi connectivity index (χ0v) is 16.5. The fourth-order valence-corrected chi connectivity index (χ4v) is 2.94. The molecule has 0 aliphatic rings. The molecule has 0 unspecified atom stereocenters. The van der Waals surface area contributed by atoms with Crippen LogP contribution in [0.4, 0.5) is 0 Å². The van der Waals surface area contributed by atoms with Gasteiger partial charge in [0.15, 0.2) is 17.3 Å². The molecule has 2 aromatic rings. The zero-order valence-electron chi connectivity index (χ0n) is 15.0. The summed E-state index contributed by atoms with van der Waals surface area (Å²) in [7, 11) is 3.04. The van der Waals surface area contributed by atoms with Gasteiger partial charge in [-0.2, -0.15) is 0 Å². The lowest BCUT2D eigenvalue weighted by Gasteiger charge is -2.17. The number of hydrogen-bond donors (Lipinski definition) is 0. The molecule has 2 rings (SSSR count). The first-order chi connectivity index (χ1) is 12.5. The summed E-state index contributed by atoms with van der Waals surface area (Å²) in [5.74, 6) is 1.07. The number of nitrogens with zero attached hydrogens (tertiary/aromatic N) is 1. The van der Waals surface area contributed by atoms with Gasteiger partial charge in [-0.3, -0.25) is 9.78 Å². The number of Topliss-reactive ketones (excluding diaryl/α,β-unsaturated/α-hetero) is 1. The molecular weight excluding hydrogens is 377 g/mol. The van der Waals surface area contributed by atoms with Crippen LogP contribution in [0.5, 0.6) is 17.2 Å². The van der Waals surface area contributed by atoms with Gasteiger partial charge in [0.1, 0.15) is 0 Å². The summed E-state index contributed by atoms with van der Waals surface area (Å²) >= 11 is 12.3. The van der Waals surface area contributed by atoms with Crippen LogP contribution in [0.1, 0.15) is 35.7 Å². The number of halogens is 2. The first-order valence-electron chi connectivity index (χ1n) is 8.22. The molecule has 0 fully saturated rings. The molecule has 0 radical (unpaired) electrons. The Morgan fingerprint density at radius 1 is 1.08 bits per heavy atom. The van der Waals surface area contributed by atoms with E-state index in [2.05, 4.69) is 11.9 Å². The maximum atomic E-state index is 12.9. The molecule has 0 saturated carbocycles. The summed E-state index contributed by atoms with van der Waals surface area (Å²) in [4.78, 5) is 16.8. The van der Waals surface area contributed by atoms with Gasteiger partial charge in [0.2, 0.25) is 5.75 Å². The number of hydrogen-bond acceptors (Lipinski definition) is 5. The summed E-state index contributed by atoms with van der Waals surface area (Å²) in [6, 6.07) is 3.34. The highest BCUT2D eigenvalue weighted by atomic mass is 35.5. The Balaban J connectivity index is 2.41. The third-order valence-electron chi connectivity index (χ3n) is 3.83. The summed E-state index contributed by atoms with van der Waals surface area (Å²) in [5.41, 5.74) is 0.922. The molecule has 0 bridgehead atoms. The molecule has 1 aromatic heterocycles. The van der Waals surface area contributed by atoms with Gasteiger partial charge < -0.3 is 14.2 Å². The topological polar surface area (TPSA) is 57.7 Å². The first kappa shape index (κ1) is 20.3. The second-order valence-corrected chi connectivity index (χ2v) is 6.38. The molecule has 1 heterocycles. The van der Waals surface area contributed by atoms with Crippen molar-refractivity contribution in [2.75, 3.05) is 20.8 Å². The number of pyridine rings is 1. The number of unbranched alkanes of at least 4 members (excludes halogenated alkanes) is 1. The third kappa shape index (κ3) is 4.59. The number of methoxy groups -OCH3 is 2. The quantitative estimate of drug-likeness (QED) is 0.439. The van der Waals surface area contributed by atoms with Crippen LogP contribution in [0.3, 0.4) is 0 Å². The lowest BCUT2D eigenvalue weighted by Crippen LogP contribution is -2.10. The molecule has 0 atom stereocenters. The molecule has 7 heteroatoms. The van der Waals surface area contributed by atoms with Gasteiger partial charge in [-0.1, -0.05) is 36.5 Å². The van der Waals surface area contributed by atoms with Crippen LogP contribution >= 0.6 is 23.2 Å². The lowest BCUT2D eigenvalue weighted by atomic mass is 10.0. The number of ether oxygens (including phenoxy) is 3. The fourth-order valence-electron chi connectivity index (χ4n) is 2.44. The SMILES string of the molecule is CCCCOc1c(C(=O)Cc2c(Cl)cncc2Cl)ccc(OC)c1OC. The number of carbonyl (C=O) groups is 1. The van der Waals surface area contributed by atoms with Gasteiger partial charge in [0, 0.05) is 24.4 Å². The Hall–Kier alpha value is -1.98. The van der Waals surface area contributed by atoms with Crippen molar-refractivity contribution in [2.45, 2.75) is 26.2 Å². The summed E-state index contributed by atoms with van der Waals surface area (Å²) < 4.78 is 16.6. The maximum Gasteiger partial charge on any atom is 0.204 e. The summed E-state index contributed by atoms with van der Waals surface area (Å²) in [6.07, 6.45) is 4.78. The van der Waals surface area contributed by atoms with Crippen LogP contribution in [0, 0.1) is 0 Å². The molecule has 0 N–H and O–H groups in total. The number of ketones is 1. The van der Waals surface area contributed by atoms with Crippen molar-refractivity contribution in [3.63, 3.8) is 0 Å². The zero-order chi connectivity index (χ0) is 19.1. The van der Waals surface area contributed by atoms with E-state index in [1.165, 1.54) is 26.6 Å². The fraction of sp³-hybridized carbons (Fsp3) is 0.368. The van der Waals surface area contributed by atoms with E-state index in [0.29, 0.717) is 45.0 Å². The van der Waals surface area contributed by atoms with Crippen molar-refractivity contribution >= 4 is 29.0 Å². The van der Waals surface area contributed by atoms with E-state index in [0.717, 1.165) is 12.8 Å². The van der Waals surface area contributed by atoms with Crippen molar-refractivity contribution in [3.8, 4) is 17.2 Å². The van der Waals surface area contributed by atoms with Crippen molar-refractivity contribution in [3.05, 3.63) is 45.7 Å². The van der Waals surface area contributed by atoms with Gasteiger partial charge in [-0.15, -0.1) is 0 Å². The van der Waals surface area contributed by atoms with E-state index in [1.807, 2.05) is 0 Å². The Labute approximate surface area is 163 Å². The lowest BCUT2D eigenvalue weighted by molar-refractivity contribution is 0.0988. The van der Waals surface area contributed by atoms with Crippen LogP contribution in [0.15, 0.2) is 24.5 Å². The molecule has 0 amide bonds. The monoisotopic (exact) mass is 397 g/mol. The average molecular weight is 398 g/mol. The average Bonchev–Trinajstić information content (AvgIpc) is 2.64. The van der Waals surface area contributed by atoms with Crippen molar-refractivity contribution < 1.29 is 19.0 Å². The minimum atomic E-state index is -0.188. The second-order valence-electron chi connectivity index (χ2n) is 5.56. The Kier molecular flexibility index (Phi) is 7.54. The first-order valence-corrected chi connectivity index (χ1v) is 8.97. The number of carbonyl (C=O) groups excluding carboxylic acids is 1. The standard InChI is InChI=1S/C19H21Cl2NO4/c1-4-5-8-26-18-12(6-7-17(24-2)19(18)25-3)16(23)9-13-14(20)10-22-11-15(13)21/h6-7,10-11H,4-5,8-9H2,1-3H3. The third-order valence-corrected chi connectivity index (χ3v) is 4.49. The summed E-state index contributed by atoms with van der Waals surface area (Å²) in [5, 5.41) is 0.694. The minimum Gasteiger partial charge on any atom is -0.493 e. The summed E-state index contributed by atoms with van der Waals surface area (Å²) in [6.45, 7) is 2.53. The van der Waals surface area contributed by atoms with Gasteiger partial charge >= 0.3 is 0 Å². The molecule has 26 heavy (non-hydrogen) atoms. The van der Waals surface area contributed by atoms with E-state index in [4.69, 9.17) is 37.4 Å². The Morgan fingerprint density at radius 2 is 1.77 bits per heavy atom. The van der Waals surface area contributed by atoms with Crippen LogP contribution in [0.2, 0.25) is 10.0 Å². The van der Waals surface area contributed by atoms with E-state index in [-0.39, 0.29) is 12.2 Å². The number of aromatic nitrogens is 1. The molecule has 1 aromatic carbocycles. The smallest absolute Gasteiger partial charge is 0.204 e. The highest BCUT2D eigenvalue weighted by molar-refractivity contribution is 6.36. The Morgan fingerprint density at radius 3 is 2.35 bits per heavy atom. The molecule has 140 valence electrons. The molecule has 0 aliphatic heterocycles. The van der Waals surface area contributed by atoms with Crippen molar-refractivity contribution in [2.24, 2.45) is 0 Å². The molecular formula is C19H21Cl2NO4. The number of rotatable bonds is 9. The second kappa shape index (κ2) is 9.64. The highest BCUT2D eigenvalue weighted by Crippen LogP contribution is 2.41. The van der Waals surface area contributed by atoms with Gasteiger partial charge in [0.05, 0.1) is 36.4 Å². The molecule has 0 aliphatic carbocycles. The molecule has 0 saturated heterocycles. The van der Waals surface area contributed by atoms with Crippen LogP contribution in [-0.2, 0) is 6.42 Å². The van der Waals surface area contributed by atoms with Crippen LogP contribution in [0.25, 0.3) is 0 Å². The van der Waals surface area contributed by atoms with Gasteiger partial charge in [0.25, 0.3) is 0 Å².